The van der Waals surface area contributed by atoms with Crippen molar-refractivity contribution in [3.63, 3.8) is 0 Å². The summed E-state index contributed by atoms with van der Waals surface area (Å²) in [6.07, 6.45) is -3.36. The summed E-state index contributed by atoms with van der Waals surface area (Å²) in [6.45, 7) is 0. The number of carboxylic acids is 1. The van der Waals surface area contributed by atoms with Crippen LogP contribution in [0.2, 0.25) is 0 Å². The van der Waals surface area contributed by atoms with Crippen LogP contribution < -0.4 is 5.73 Å². The standard InChI is InChI=1S/C10H10N2O4/c11-4-7(13)9(14)8-5(10(15)16)2-1-3-6(8)12/h1-3,7,9,13-14H,12H2,(H,15,16). The molecule has 0 saturated heterocycles. The van der Waals surface area contributed by atoms with E-state index in [0.29, 0.717) is 0 Å². The third kappa shape index (κ3) is 2.11. The van der Waals surface area contributed by atoms with Crippen molar-refractivity contribution < 1.29 is 20.1 Å². The van der Waals surface area contributed by atoms with E-state index in [4.69, 9.17) is 21.2 Å². The Labute approximate surface area is 91.2 Å². The molecule has 1 rings (SSSR count). The highest BCUT2D eigenvalue weighted by molar-refractivity contribution is 5.91. The van der Waals surface area contributed by atoms with Crippen molar-refractivity contribution in [1.29, 1.82) is 5.26 Å². The van der Waals surface area contributed by atoms with E-state index in [1.54, 1.807) is 0 Å². The molecule has 1 aromatic carbocycles. The summed E-state index contributed by atoms with van der Waals surface area (Å²) in [5.74, 6) is -1.29. The van der Waals surface area contributed by atoms with E-state index in [9.17, 15) is 9.90 Å². The first-order chi connectivity index (χ1) is 7.49. The fourth-order valence-electron chi connectivity index (χ4n) is 1.33. The molecule has 0 aromatic heterocycles. The monoisotopic (exact) mass is 222 g/mol. The Morgan fingerprint density at radius 3 is 2.56 bits per heavy atom. The molecule has 0 amide bonds. The maximum absolute atomic E-state index is 10.9. The van der Waals surface area contributed by atoms with Crippen molar-refractivity contribution in [2.24, 2.45) is 0 Å². The quantitative estimate of drug-likeness (QED) is 0.417. The Bertz CT molecular complexity index is 453. The molecule has 2 atom stereocenters. The maximum Gasteiger partial charge on any atom is 0.336 e. The van der Waals surface area contributed by atoms with E-state index < -0.39 is 18.2 Å². The second-order valence-electron chi connectivity index (χ2n) is 3.13. The highest BCUT2D eigenvalue weighted by Crippen LogP contribution is 2.27. The molecular formula is C10H10N2O4. The van der Waals surface area contributed by atoms with Crippen LogP contribution in [0.4, 0.5) is 5.69 Å². The summed E-state index contributed by atoms with van der Waals surface area (Å²) in [5, 5.41) is 36.0. The Balaban J connectivity index is 3.31. The van der Waals surface area contributed by atoms with Gasteiger partial charge in [-0.15, -0.1) is 0 Å². The van der Waals surface area contributed by atoms with E-state index in [1.807, 2.05) is 0 Å². The molecule has 0 saturated carbocycles. The number of nitrogens with two attached hydrogens (primary N) is 1. The van der Waals surface area contributed by atoms with Crippen LogP contribution >= 0.6 is 0 Å². The third-order valence-corrected chi connectivity index (χ3v) is 2.10. The predicted octanol–water partition coefficient (Wildman–Crippen LogP) is -0.115. The van der Waals surface area contributed by atoms with Crippen LogP contribution in [0.5, 0.6) is 0 Å². The van der Waals surface area contributed by atoms with Gasteiger partial charge < -0.3 is 21.1 Å². The van der Waals surface area contributed by atoms with Gasteiger partial charge in [-0.1, -0.05) is 6.07 Å². The minimum Gasteiger partial charge on any atom is -0.478 e. The number of benzene rings is 1. The van der Waals surface area contributed by atoms with Crippen molar-refractivity contribution in [2.45, 2.75) is 12.2 Å². The average molecular weight is 222 g/mol. The molecule has 2 unspecified atom stereocenters. The zero-order chi connectivity index (χ0) is 12.3. The van der Waals surface area contributed by atoms with Crippen LogP contribution in [-0.4, -0.2) is 27.4 Å². The number of hydrogen-bond acceptors (Lipinski definition) is 5. The van der Waals surface area contributed by atoms with Gasteiger partial charge in [0.2, 0.25) is 0 Å². The number of anilines is 1. The smallest absolute Gasteiger partial charge is 0.336 e. The molecule has 0 aliphatic heterocycles. The van der Waals surface area contributed by atoms with Gasteiger partial charge in [-0.3, -0.25) is 0 Å². The highest BCUT2D eigenvalue weighted by Gasteiger charge is 2.25. The topological polar surface area (TPSA) is 128 Å². The largest absolute Gasteiger partial charge is 0.478 e. The van der Waals surface area contributed by atoms with Crippen LogP contribution in [0.15, 0.2) is 18.2 Å². The van der Waals surface area contributed by atoms with Gasteiger partial charge in [-0.05, 0) is 12.1 Å². The van der Waals surface area contributed by atoms with Crippen LogP contribution in [0, 0.1) is 11.3 Å². The van der Waals surface area contributed by atoms with E-state index in [0.717, 1.165) is 0 Å². The summed E-state index contributed by atoms with van der Waals surface area (Å²) < 4.78 is 0. The number of nitrogens with zero attached hydrogens (tertiary/aromatic N) is 1. The van der Waals surface area contributed by atoms with Crippen LogP contribution in [-0.2, 0) is 0 Å². The molecule has 1 aromatic rings. The van der Waals surface area contributed by atoms with Gasteiger partial charge in [-0.25, -0.2) is 4.79 Å². The molecular weight excluding hydrogens is 212 g/mol. The van der Waals surface area contributed by atoms with Crippen molar-refractivity contribution in [3.8, 4) is 6.07 Å². The van der Waals surface area contributed by atoms with Crippen molar-refractivity contribution in [3.05, 3.63) is 29.3 Å². The number of nitrogen functional groups attached to an aromatic ring is 1. The van der Waals surface area contributed by atoms with Gasteiger partial charge in [0.15, 0.2) is 6.10 Å². The molecule has 16 heavy (non-hydrogen) atoms. The summed E-state index contributed by atoms with van der Waals surface area (Å²) in [4.78, 5) is 10.9. The van der Waals surface area contributed by atoms with Crippen molar-refractivity contribution in [2.75, 3.05) is 5.73 Å². The van der Waals surface area contributed by atoms with Crippen LogP contribution in [0.1, 0.15) is 22.0 Å². The molecule has 0 fully saturated rings. The number of carboxylic acid groups (broad SMARTS) is 1. The molecule has 0 bridgehead atoms. The lowest BCUT2D eigenvalue weighted by atomic mass is 9.97. The number of aliphatic hydroxyl groups excluding tert-OH is 2. The Hall–Kier alpha value is -2.10. The Morgan fingerprint density at radius 1 is 1.44 bits per heavy atom. The zero-order valence-electron chi connectivity index (χ0n) is 8.16. The first kappa shape index (κ1) is 12.0. The molecule has 5 N–H and O–H groups in total. The average Bonchev–Trinajstić information content (AvgIpc) is 2.26. The van der Waals surface area contributed by atoms with Crippen LogP contribution in [0.3, 0.4) is 0 Å². The fraction of sp³-hybridized carbons (Fsp3) is 0.200. The zero-order valence-corrected chi connectivity index (χ0v) is 8.16. The fourth-order valence-corrected chi connectivity index (χ4v) is 1.33. The molecule has 0 aliphatic carbocycles. The number of aliphatic hydroxyl groups is 2. The highest BCUT2D eigenvalue weighted by atomic mass is 16.4. The second kappa shape index (κ2) is 4.61. The lowest BCUT2D eigenvalue weighted by molar-refractivity contribution is 0.0503. The second-order valence-corrected chi connectivity index (χ2v) is 3.13. The Morgan fingerprint density at radius 2 is 2.06 bits per heavy atom. The number of hydrogen-bond donors (Lipinski definition) is 4. The lowest BCUT2D eigenvalue weighted by Crippen LogP contribution is -2.20. The SMILES string of the molecule is N#CC(O)C(O)c1c(N)cccc1C(=O)O. The first-order valence-electron chi connectivity index (χ1n) is 4.36. The molecule has 6 heteroatoms. The van der Waals surface area contributed by atoms with E-state index in [2.05, 4.69) is 0 Å². The summed E-state index contributed by atoms with van der Waals surface area (Å²) >= 11 is 0. The minimum atomic E-state index is -1.72. The molecule has 0 spiro atoms. The molecule has 84 valence electrons. The molecule has 0 radical (unpaired) electrons. The number of carbonyl (C=O) groups is 1. The number of rotatable bonds is 3. The summed E-state index contributed by atoms with van der Waals surface area (Å²) in [5.41, 5.74) is 5.14. The van der Waals surface area contributed by atoms with E-state index >= 15 is 0 Å². The first-order valence-corrected chi connectivity index (χ1v) is 4.36. The number of aromatic carboxylic acids is 1. The predicted molar refractivity (Wildman–Crippen MR) is 54.4 cm³/mol. The normalized spacial score (nSPS) is 13.8. The van der Waals surface area contributed by atoms with E-state index in [-0.39, 0.29) is 16.8 Å². The van der Waals surface area contributed by atoms with Crippen molar-refractivity contribution >= 4 is 11.7 Å². The van der Waals surface area contributed by atoms with Crippen LogP contribution in [0.25, 0.3) is 0 Å². The van der Waals surface area contributed by atoms with Gasteiger partial charge >= 0.3 is 5.97 Å². The van der Waals surface area contributed by atoms with E-state index in [1.165, 1.54) is 24.3 Å². The van der Waals surface area contributed by atoms with Gasteiger partial charge in [0, 0.05) is 11.3 Å². The van der Waals surface area contributed by atoms with Gasteiger partial charge in [0.1, 0.15) is 6.10 Å². The van der Waals surface area contributed by atoms with Gasteiger partial charge in [0.25, 0.3) is 0 Å². The maximum atomic E-state index is 10.9. The Kier molecular flexibility index (Phi) is 3.45. The number of nitriles is 1. The molecule has 6 nitrogen and oxygen atoms in total. The summed E-state index contributed by atoms with van der Waals surface area (Å²) in [6, 6.07) is 5.45. The molecule has 0 aliphatic rings. The lowest BCUT2D eigenvalue weighted by Gasteiger charge is -2.16. The minimum absolute atomic E-state index is 0.0155. The van der Waals surface area contributed by atoms with Gasteiger partial charge in [-0.2, -0.15) is 5.26 Å². The summed E-state index contributed by atoms with van der Waals surface area (Å²) in [7, 11) is 0. The van der Waals surface area contributed by atoms with Crippen molar-refractivity contribution in [1.82, 2.24) is 0 Å². The molecule has 0 heterocycles. The van der Waals surface area contributed by atoms with Gasteiger partial charge in [0.05, 0.1) is 11.6 Å². The third-order valence-electron chi connectivity index (χ3n) is 2.10.